The van der Waals surface area contributed by atoms with Crippen LogP contribution in [0.4, 0.5) is 0 Å². The molecule has 5 heteroatoms. The van der Waals surface area contributed by atoms with Crippen molar-refractivity contribution in [3.63, 3.8) is 0 Å². The van der Waals surface area contributed by atoms with Gasteiger partial charge in [-0.1, -0.05) is 32.0 Å². The summed E-state index contributed by atoms with van der Waals surface area (Å²) in [5, 5.41) is 2.97. The molecule has 0 saturated carbocycles. The molecule has 1 aromatic rings. The van der Waals surface area contributed by atoms with Gasteiger partial charge >= 0.3 is 0 Å². The second kappa shape index (κ2) is 8.96. The summed E-state index contributed by atoms with van der Waals surface area (Å²) in [7, 11) is 0. The summed E-state index contributed by atoms with van der Waals surface area (Å²) >= 11 is 1.73. The summed E-state index contributed by atoms with van der Waals surface area (Å²) in [5.41, 5.74) is 0. The number of hydrogen-bond acceptors (Lipinski definition) is 3. The molecule has 1 N–H and O–H groups in total. The zero-order valence-electron chi connectivity index (χ0n) is 14.0. The van der Waals surface area contributed by atoms with Crippen molar-refractivity contribution in [3.05, 3.63) is 30.3 Å². The molecule has 1 aliphatic heterocycles. The Hall–Kier alpha value is -1.49. The average Bonchev–Trinajstić information content (AvgIpc) is 2.96. The van der Waals surface area contributed by atoms with Crippen molar-refractivity contribution in [2.75, 3.05) is 18.8 Å². The Balaban J connectivity index is 1.73. The lowest BCUT2D eigenvalue weighted by Gasteiger charge is -2.26. The van der Waals surface area contributed by atoms with Gasteiger partial charge in [0.15, 0.2) is 0 Å². The summed E-state index contributed by atoms with van der Waals surface area (Å²) in [4.78, 5) is 27.5. The molecule has 0 bridgehead atoms. The maximum Gasteiger partial charge on any atom is 0.225 e. The molecule has 2 rings (SSSR count). The van der Waals surface area contributed by atoms with Crippen LogP contribution in [-0.2, 0) is 9.59 Å². The van der Waals surface area contributed by atoms with Gasteiger partial charge in [-0.2, -0.15) is 0 Å². The van der Waals surface area contributed by atoms with Crippen molar-refractivity contribution < 1.29 is 9.59 Å². The minimum Gasteiger partial charge on any atom is -0.355 e. The molecule has 0 spiro atoms. The normalized spacial score (nSPS) is 17.8. The Kier molecular flexibility index (Phi) is 6.96. The fraction of sp³-hybridized carbons (Fsp3) is 0.556. The third-order valence-corrected chi connectivity index (χ3v) is 5.34. The highest BCUT2D eigenvalue weighted by molar-refractivity contribution is 7.99. The van der Waals surface area contributed by atoms with E-state index in [9.17, 15) is 9.59 Å². The fourth-order valence-corrected chi connectivity index (χ4v) is 3.78. The van der Waals surface area contributed by atoms with Crippen LogP contribution in [0.5, 0.6) is 0 Å². The Bertz CT molecular complexity index is 517. The van der Waals surface area contributed by atoms with Crippen LogP contribution in [0, 0.1) is 5.92 Å². The first kappa shape index (κ1) is 17.9. The summed E-state index contributed by atoms with van der Waals surface area (Å²) in [6.45, 7) is 5.39. The van der Waals surface area contributed by atoms with Gasteiger partial charge < -0.3 is 10.2 Å². The molecule has 0 aromatic heterocycles. The third kappa shape index (κ3) is 4.99. The second-order valence-electron chi connectivity index (χ2n) is 5.87. The highest BCUT2D eigenvalue weighted by Crippen LogP contribution is 2.23. The minimum absolute atomic E-state index is 0.0143. The molecule has 4 nitrogen and oxygen atoms in total. The Morgan fingerprint density at radius 3 is 2.65 bits per heavy atom. The molecule has 0 radical (unpaired) electrons. The minimum atomic E-state index is -0.190. The van der Waals surface area contributed by atoms with Crippen LogP contribution in [0.3, 0.4) is 0 Å². The second-order valence-corrected chi connectivity index (χ2v) is 7.04. The topological polar surface area (TPSA) is 49.4 Å². The molecule has 0 aliphatic carbocycles. The van der Waals surface area contributed by atoms with Crippen LogP contribution < -0.4 is 5.32 Å². The lowest BCUT2D eigenvalue weighted by Crippen LogP contribution is -2.38. The van der Waals surface area contributed by atoms with Crippen molar-refractivity contribution in [3.8, 4) is 0 Å². The van der Waals surface area contributed by atoms with E-state index < -0.39 is 0 Å². The maximum absolute atomic E-state index is 12.2. The van der Waals surface area contributed by atoms with E-state index in [1.807, 2.05) is 23.1 Å². The Labute approximate surface area is 143 Å². The van der Waals surface area contributed by atoms with E-state index in [1.165, 1.54) is 4.90 Å². The lowest BCUT2D eigenvalue weighted by atomic mass is 10.1. The maximum atomic E-state index is 12.2. The van der Waals surface area contributed by atoms with Crippen LogP contribution >= 0.6 is 11.8 Å². The van der Waals surface area contributed by atoms with Crippen molar-refractivity contribution >= 4 is 23.6 Å². The van der Waals surface area contributed by atoms with E-state index in [0.29, 0.717) is 19.5 Å². The summed E-state index contributed by atoms with van der Waals surface area (Å²) in [6, 6.07) is 10.4. The molecular formula is C18H26N2O2S. The van der Waals surface area contributed by atoms with E-state index in [1.54, 1.807) is 11.8 Å². The van der Waals surface area contributed by atoms with Crippen LogP contribution in [0.2, 0.25) is 0 Å². The molecule has 1 heterocycles. The van der Waals surface area contributed by atoms with Gasteiger partial charge in [-0.3, -0.25) is 9.59 Å². The van der Waals surface area contributed by atoms with Gasteiger partial charge in [-0.25, -0.2) is 0 Å². The smallest absolute Gasteiger partial charge is 0.225 e. The molecule has 23 heavy (non-hydrogen) atoms. The van der Waals surface area contributed by atoms with Crippen molar-refractivity contribution in [1.82, 2.24) is 10.2 Å². The lowest BCUT2D eigenvalue weighted by molar-refractivity contribution is -0.130. The van der Waals surface area contributed by atoms with Crippen molar-refractivity contribution in [2.45, 2.75) is 44.0 Å². The van der Waals surface area contributed by atoms with Gasteiger partial charge in [-0.15, -0.1) is 11.8 Å². The number of nitrogens with zero attached hydrogens (tertiary/aromatic N) is 1. The molecular weight excluding hydrogens is 308 g/mol. The van der Waals surface area contributed by atoms with Crippen LogP contribution in [0.1, 0.15) is 33.1 Å². The quantitative estimate of drug-likeness (QED) is 0.587. The number of hydrogen-bond donors (Lipinski definition) is 1. The molecule has 1 fully saturated rings. The molecule has 1 unspecified atom stereocenters. The molecule has 1 atom stereocenters. The Morgan fingerprint density at radius 2 is 2.00 bits per heavy atom. The summed E-state index contributed by atoms with van der Waals surface area (Å²) in [5.74, 6) is 0.787. The molecule has 1 saturated heterocycles. The number of likely N-dealkylation sites (tertiary alicyclic amines) is 1. The van der Waals surface area contributed by atoms with Crippen LogP contribution in [0.25, 0.3) is 0 Å². The van der Waals surface area contributed by atoms with Gasteiger partial charge in [0.05, 0.1) is 5.92 Å². The van der Waals surface area contributed by atoms with Gasteiger partial charge in [0.25, 0.3) is 0 Å². The predicted octanol–water partition coefficient (Wildman–Crippen LogP) is 2.93. The number of thioether (sulfide) groups is 1. The molecule has 126 valence electrons. The van der Waals surface area contributed by atoms with E-state index in [0.717, 1.165) is 18.6 Å². The largest absolute Gasteiger partial charge is 0.355 e. The predicted molar refractivity (Wildman–Crippen MR) is 94.4 cm³/mol. The zero-order valence-corrected chi connectivity index (χ0v) is 14.8. The number of carbonyl (C=O) groups excluding carboxylic acids is 2. The van der Waals surface area contributed by atoms with E-state index in [2.05, 4.69) is 31.3 Å². The summed E-state index contributed by atoms with van der Waals surface area (Å²) < 4.78 is 0. The number of amides is 2. The highest BCUT2D eigenvalue weighted by Gasteiger charge is 2.36. The van der Waals surface area contributed by atoms with E-state index in [-0.39, 0.29) is 23.8 Å². The third-order valence-electron chi connectivity index (χ3n) is 4.33. The first-order valence-corrected chi connectivity index (χ1v) is 9.39. The van der Waals surface area contributed by atoms with Crippen LogP contribution in [-0.4, -0.2) is 41.6 Å². The number of nitrogens with one attached hydrogen (secondary N) is 1. The first-order chi connectivity index (χ1) is 11.2. The highest BCUT2D eigenvalue weighted by atomic mass is 32.2. The zero-order chi connectivity index (χ0) is 16.7. The first-order valence-electron chi connectivity index (χ1n) is 8.40. The van der Waals surface area contributed by atoms with Crippen LogP contribution in [0.15, 0.2) is 35.2 Å². The van der Waals surface area contributed by atoms with Crippen molar-refractivity contribution in [1.29, 1.82) is 0 Å². The molecule has 1 aromatic carbocycles. The summed E-state index contributed by atoms with van der Waals surface area (Å²) in [6.07, 6.45) is 2.25. The SMILES string of the molecule is CCC(CC)N1CC(C(=O)NCCSc2ccccc2)CC1=O. The fourth-order valence-electron chi connectivity index (χ4n) is 2.99. The van der Waals surface area contributed by atoms with Gasteiger partial charge in [-0.05, 0) is 25.0 Å². The van der Waals surface area contributed by atoms with E-state index in [4.69, 9.17) is 0 Å². The van der Waals surface area contributed by atoms with Gasteiger partial charge in [0.2, 0.25) is 11.8 Å². The number of rotatable bonds is 8. The number of benzene rings is 1. The van der Waals surface area contributed by atoms with E-state index >= 15 is 0 Å². The monoisotopic (exact) mass is 334 g/mol. The Morgan fingerprint density at radius 1 is 1.30 bits per heavy atom. The average molecular weight is 334 g/mol. The van der Waals surface area contributed by atoms with Gasteiger partial charge in [0.1, 0.15) is 0 Å². The van der Waals surface area contributed by atoms with Crippen molar-refractivity contribution in [2.24, 2.45) is 5.92 Å². The standard InChI is InChI=1S/C18H26N2O2S/c1-3-15(4-2)20-13-14(12-17(20)21)18(22)19-10-11-23-16-8-6-5-7-9-16/h5-9,14-15H,3-4,10-13H2,1-2H3,(H,19,22). The molecule has 2 amide bonds. The number of carbonyl (C=O) groups is 2. The van der Waals surface area contributed by atoms with Gasteiger partial charge in [0, 0.05) is 36.2 Å². The molecule has 1 aliphatic rings.